The van der Waals surface area contributed by atoms with Crippen LogP contribution in [0.15, 0.2) is 42.5 Å². The van der Waals surface area contributed by atoms with Crippen molar-refractivity contribution in [2.45, 2.75) is 25.4 Å². The van der Waals surface area contributed by atoms with Crippen molar-refractivity contribution in [1.82, 2.24) is 10.2 Å². The van der Waals surface area contributed by atoms with E-state index in [4.69, 9.17) is 14.2 Å². The number of ether oxygens (including phenoxy) is 3. The van der Waals surface area contributed by atoms with E-state index in [2.05, 4.69) is 46.6 Å². The van der Waals surface area contributed by atoms with Gasteiger partial charge >= 0.3 is 0 Å². The van der Waals surface area contributed by atoms with Crippen LogP contribution in [-0.2, 0) is 6.54 Å². The maximum Gasteiger partial charge on any atom is 0.203 e. The Kier molecular flexibility index (Phi) is 5.80. The van der Waals surface area contributed by atoms with Gasteiger partial charge in [0.2, 0.25) is 5.75 Å². The van der Waals surface area contributed by atoms with Gasteiger partial charge in [0.1, 0.15) is 13.2 Å². The molecule has 1 fully saturated rings. The van der Waals surface area contributed by atoms with Crippen molar-refractivity contribution < 1.29 is 14.2 Å². The van der Waals surface area contributed by atoms with E-state index in [1.807, 2.05) is 6.07 Å². The third-order valence-corrected chi connectivity index (χ3v) is 5.32. The van der Waals surface area contributed by atoms with Crippen LogP contribution in [0.5, 0.6) is 17.2 Å². The van der Waals surface area contributed by atoms with Gasteiger partial charge in [0.15, 0.2) is 11.5 Å². The first kappa shape index (κ1) is 18.1. The van der Waals surface area contributed by atoms with E-state index < -0.39 is 0 Å². The van der Waals surface area contributed by atoms with E-state index in [9.17, 15) is 0 Å². The van der Waals surface area contributed by atoms with Crippen LogP contribution in [0.1, 0.15) is 30.0 Å². The van der Waals surface area contributed by atoms with Gasteiger partial charge in [0.25, 0.3) is 0 Å². The zero-order valence-corrected chi connectivity index (χ0v) is 15.9. The number of hydrogen-bond donors (Lipinski definition) is 1. The topological polar surface area (TPSA) is 43.0 Å². The molecule has 0 aliphatic carbocycles. The summed E-state index contributed by atoms with van der Waals surface area (Å²) in [4.78, 5) is 2.59. The van der Waals surface area contributed by atoms with Gasteiger partial charge in [-0.2, -0.15) is 0 Å². The van der Waals surface area contributed by atoms with Crippen LogP contribution in [-0.4, -0.2) is 44.9 Å². The molecule has 1 N–H and O–H groups in total. The molecule has 27 heavy (non-hydrogen) atoms. The van der Waals surface area contributed by atoms with E-state index >= 15 is 0 Å². The minimum atomic E-state index is 0.410. The third-order valence-electron chi connectivity index (χ3n) is 5.32. The Bertz CT molecular complexity index is 727. The Morgan fingerprint density at radius 2 is 1.85 bits per heavy atom. The summed E-state index contributed by atoms with van der Waals surface area (Å²) >= 11 is 0. The lowest BCUT2D eigenvalue weighted by molar-refractivity contribution is 0.165. The van der Waals surface area contributed by atoms with Crippen molar-refractivity contribution in [3.05, 3.63) is 53.6 Å². The smallest absolute Gasteiger partial charge is 0.203 e. The van der Waals surface area contributed by atoms with Crippen LogP contribution in [0.25, 0.3) is 0 Å². The molecule has 1 saturated heterocycles. The molecule has 5 heteroatoms. The van der Waals surface area contributed by atoms with E-state index in [1.54, 1.807) is 7.11 Å². The van der Waals surface area contributed by atoms with Crippen molar-refractivity contribution >= 4 is 0 Å². The van der Waals surface area contributed by atoms with Gasteiger partial charge in [0.05, 0.1) is 7.11 Å². The lowest BCUT2D eigenvalue weighted by atomic mass is 10.1. The third kappa shape index (κ3) is 4.20. The summed E-state index contributed by atoms with van der Waals surface area (Å²) in [7, 11) is 1.67. The molecule has 0 spiro atoms. The zero-order valence-electron chi connectivity index (χ0n) is 15.9. The number of nitrogens with one attached hydrogen (secondary N) is 1. The molecular formula is C22H28N2O3. The van der Waals surface area contributed by atoms with E-state index in [-0.39, 0.29) is 0 Å². The first-order valence-electron chi connectivity index (χ1n) is 9.81. The van der Waals surface area contributed by atoms with Crippen LogP contribution < -0.4 is 19.5 Å². The average molecular weight is 368 g/mol. The van der Waals surface area contributed by atoms with Gasteiger partial charge in [-0.05, 0) is 49.2 Å². The van der Waals surface area contributed by atoms with Crippen LogP contribution >= 0.6 is 0 Å². The van der Waals surface area contributed by atoms with Crippen molar-refractivity contribution in [3.8, 4) is 17.2 Å². The normalized spacial score (nSPS) is 17.7. The minimum Gasteiger partial charge on any atom is -0.493 e. The molecule has 0 radical (unpaired) electrons. The molecule has 0 unspecified atom stereocenters. The lowest BCUT2D eigenvalue weighted by Gasteiger charge is -2.28. The highest BCUT2D eigenvalue weighted by atomic mass is 16.6. The molecule has 0 aromatic heterocycles. The monoisotopic (exact) mass is 368 g/mol. The van der Waals surface area contributed by atoms with Crippen LogP contribution in [0.3, 0.4) is 0 Å². The average Bonchev–Trinajstić information content (AvgIpc) is 3.25. The molecular weight excluding hydrogens is 340 g/mol. The van der Waals surface area contributed by atoms with Crippen LogP contribution in [0.2, 0.25) is 0 Å². The predicted octanol–water partition coefficient (Wildman–Crippen LogP) is 3.39. The summed E-state index contributed by atoms with van der Waals surface area (Å²) < 4.78 is 16.9. The number of rotatable bonds is 7. The second-order valence-corrected chi connectivity index (χ2v) is 7.12. The first-order valence-corrected chi connectivity index (χ1v) is 9.81. The Hall–Kier alpha value is -2.24. The summed E-state index contributed by atoms with van der Waals surface area (Å²) in [6.45, 7) is 5.19. The van der Waals surface area contributed by atoms with Gasteiger partial charge in [-0.1, -0.05) is 30.3 Å². The Morgan fingerprint density at radius 1 is 1.07 bits per heavy atom. The standard InChI is InChI=1S/C22H28N2O3/c1-25-20-13-17(14-21-22(20)27-12-11-26-21)15-23-16-19(24-9-5-6-10-24)18-7-3-2-4-8-18/h2-4,7-8,13-14,19,23H,5-6,9-12,15-16H2,1H3/t19-/m0/s1. The quantitative estimate of drug-likeness (QED) is 0.811. The highest BCUT2D eigenvalue weighted by Crippen LogP contribution is 2.40. The molecule has 2 aliphatic rings. The molecule has 5 nitrogen and oxygen atoms in total. The van der Waals surface area contributed by atoms with E-state index in [1.165, 1.54) is 31.5 Å². The van der Waals surface area contributed by atoms with E-state index in [0.717, 1.165) is 30.2 Å². The van der Waals surface area contributed by atoms with Gasteiger partial charge in [-0.25, -0.2) is 0 Å². The Balaban J connectivity index is 1.44. The maximum atomic E-state index is 5.74. The summed E-state index contributed by atoms with van der Waals surface area (Å²) in [6.07, 6.45) is 2.59. The Morgan fingerprint density at radius 3 is 2.63 bits per heavy atom. The van der Waals surface area contributed by atoms with Crippen molar-refractivity contribution in [2.24, 2.45) is 0 Å². The van der Waals surface area contributed by atoms with Crippen LogP contribution in [0, 0.1) is 0 Å². The molecule has 2 aromatic carbocycles. The summed E-state index contributed by atoms with van der Waals surface area (Å²) in [5.74, 6) is 2.23. The molecule has 0 saturated carbocycles. The number of methoxy groups -OCH3 is 1. The highest BCUT2D eigenvalue weighted by molar-refractivity contribution is 5.54. The lowest BCUT2D eigenvalue weighted by Crippen LogP contribution is -2.34. The summed E-state index contributed by atoms with van der Waals surface area (Å²) in [6, 6.07) is 15.3. The molecule has 2 aliphatic heterocycles. The molecule has 4 rings (SSSR count). The number of hydrogen-bond acceptors (Lipinski definition) is 5. The van der Waals surface area contributed by atoms with Crippen molar-refractivity contribution in [1.29, 1.82) is 0 Å². The largest absolute Gasteiger partial charge is 0.493 e. The van der Waals surface area contributed by atoms with Crippen LogP contribution in [0.4, 0.5) is 0 Å². The molecule has 2 aromatic rings. The van der Waals surface area contributed by atoms with Gasteiger partial charge < -0.3 is 19.5 Å². The zero-order chi connectivity index (χ0) is 18.5. The van der Waals surface area contributed by atoms with Gasteiger partial charge in [0, 0.05) is 19.1 Å². The molecule has 2 heterocycles. The molecule has 1 atom stereocenters. The Labute approximate surface area is 161 Å². The summed E-state index contributed by atoms with van der Waals surface area (Å²) in [5.41, 5.74) is 2.52. The molecule has 0 bridgehead atoms. The molecule has 0 amide bonds. The predicted molar refractivity (Wildman–Crippen MR) is 106 cm³/mol. The van der Waals surface area contributed by atoms with Crippen molar-refractivity contribution in [2.75, 3.05) is 40.0 Å². The molecule has 144 valence electrons. The number of likely N-dealkylation sites (tertiary alicyclic amines) is 1. The second-order valence-electron chi connectivity index (χ2n) is 7.12. The number of fused-ring (bicyclic) bond motifs is 1. The number of nitrogens with zero attached hydrogens (tertiary/aromatic N) is 1. The number of benzene rings is 2. The van der Waals surface area contributed by atoms with Gasteiger partial charge in [-0.15, -0.1) is 0 Å². The van der Waals surface area contributed by atoms with Gasteiger partial charge in [-0.3, -0.25) is 4.90 Å². The SMILES string of the molecule is COc1cc(CNC[C@@H](c2ccccc2)N2CCCC2)cc2c1OCCO2. The summed E-state index contributed by atoms with van der Waals surface area (Å²) in [5, 5.41) is 3.64. The highest BCUT2D eigenvalue weighted by Gasteiger charge is 2.23. The maximum absolute atomic E-state index is 5.74. The fraction of sp³-hybridized carbons (Fsp3) is 0.455. The van der Waals surface area contributed by atoms with E-state index in [0.29, 0.717) is 25.0 Å². The first-order chi connectivity index (χ1) is 13.3. The fourth-order valence-electron chi connectivity index (χ4n) is 3.97. The second kappa shape index (κ2) is 8.63. The minimum absolute atomic E-state index is 0.410. The fourth-order valence-corrected chi connectivity index (χ4v) is 3.97. The van der Waals surface area contributed by atoms with Crippen molar-refractivity contribution in [3.63, 3.8) is 0 Å².